The Balaban J connectivity index is 2.05. The number of rotatable bonds is 4. The molecular formula is C13H16O2. The van der Waals surface area contributed by atoms with E-state index in [0.29, 0.717) is 6.42 Å². The molecule has 0 spiro atoms. The molecule has 1 aromatic rings. The van der Waals surface area contributed by atoms with Crippen LogP contribution in [-0.4, -0.2) is 16.8 Å². The third-order valence-electron chi connectivity index (χ3n) is 2.79. The quantitative estimate of drug-likeness (QED) is 0.603. The minimum Gasteiger partial charge on any atom is -0.387 e. The smallest absolute Gasteiger partial charge is 0.117 e. The summed E-state index contributed by atoms with van der Waals surface area (Å²) in [5, 5.41) is 10.1. The molecule has 0 radical (unpaired) electrons. The maximum Gasteiger partial charge on any atom is 0.117 e. The van der Waals surface area contributed by atoms with Crippen molar-refractivity contribution in [2.24, 2.45) is 0 Å². The molecule has 0 saturated carbocycles. The van der Waals surface area contributed by atoms with Crippen molar-refractivity contribution in [2.75, 3.05) is 0 Å². The average molecular weight is 204 g/mol. The Morgan fingerprint density at radius 1 is 1.47 bits per heavy atom. The third-order valence-corrected chi connectivity index (χ3v) is 2.79. The molecule has 1 heterocycles. The normalized spacial score (nSPS) is 28.1. The van der Waals surface area contributed by atoms with Crippen LogP contribution in [0.3, 0.4) is 0 Å². The van der Waals surface area contributed by atoms with Gasteiger partial charge < -0.3 is 9.84 Å². The number of hydrogen-bond acceptors (Lipinski definition) is 2. The van der Waals surface area contributed by atoms with Gasteiger partial charge in [-0.2, -0.15) is 0 Å². The molecule has 80 valence electrons. The standard InChI is InChI=1S/C13H16O2/c1-3-9-13(2,14)12-11(15-12)10-7-5-4-6-8-10/h3-8,11-12,14H,1,9H2,2H3/t11-,12+,13+/m1/s1. The van der Waals surface area contributed by atoms with Crippen molar-refractivity contribution in [1.29, 1.82) is 0 Å². The Morgan fingerprint density at radius 3 is 2.73 bits per heavy atom. The first-order chi connectivity index (χ1) is 7.15. The Bertz CT molecular complexity index is 343. The van der Waals surface area contributed by atoms with Crippen molar-refractivity contribution in [1.82, 2.24) is 0 Å². The SMILES string of the molecule is C=CC[C@](C)(O)[C@H]1O[C@@H]1c1ccccc1. The van der Waals surface area contributed by atoms with Crippen LogP contribution in [0.15, 0.2) is 43.0 Å². The van der Waals surface area contributed by atoms with Crippen molar-refractivity contribution >= 4 is 0 Å². The van der Waals surface area contributed by atoms with Gasteiger partial charge in [-0.3, -0.25) is 0 Å². The fraction of sp³-hybridized carbons (Fsp3) is 0.385. The molecule has 0 amide bonds. The molecule has 2 nitrogen and oxygen atoms in total. The summed E-state index contributed by atoms with van der Waals surface area (Å²) in [6, 6.07) is 9.98. The zero-order chi connectivity index (χ0) is 10.9. The van der Waals surface area contributed by atoms with E-state index in [2.05, 4.69) is 6.58 Å². The first-order valence-corrected chi connectivity index (χ1v) is 5.19. The van der Waals surface area contributed by atoms with Crippen molar-refractivity contribution in [2.45, 2.75) is 31.2 Å². The number of epoxide rings is 1. The van der Waals surface area contributed by atoms with Crippen molar-refractivity contribution < 1.29 is 9.84 Å². The summed E-state index contributed by atoms with van der Waals surface area (Å²) in [6.45, 7) is 5.43. The molecular weight excluding hydrogens is 188 g/mol. The van der Waals surface area contributed by atoms with Gasteiger partial charge in [0.15, 0.2) is 0 Å². The van der Waals surface area contributed by atoms with Crippen LogP contribution in [0.2, 0.25) is 0 Å². The maximum absolute atomic E-state index is 10.1. The molecule has 2 rings (SSSR count). The predicted octanol–water partition coefficient (Wildman–Crippen LogP) is 2.45. The average Bonchev–Trinajstić information content (AvgIpc) is 2.99. The summed E-state index contributed by atoms with van der Waals surface area (Å²) in [5.41, 5.74) is 0.328. The number of hydrogen-bond donors (Lipinski definition) is 1. The van der Waals surface area contributed by atoms with E-state index in [4.69, 9.17) is 4.74 Å². The van der Waals surface area contributed by atoms with Crippen LogP contribution < -0.4 is 0 Å². The van der Waals surface area contributed by atoms with Gasteiger partial charge >= 0.3 is 0 Å². The lowest BCUT2D eigenvalue weighted by Crippen LogP contribution is -2.30. The molecule has 2 heteroatoms. The Morgan fingerprint density at radius 2 is 2.13 bits per heavy atom. The van der Waals surface area contributed by atoms with E-state index in [9.17, 15) is 5.11 Å². The second-order valence-electron chi connectivity index (χ2n) is 4.24. The fourth-order valence-electron chi connectivity index (χ4n) is 1.89. The fourth-order valence-corrected chi connectivity index (χ4v) is 1.89. The second-order valence-corrected chi connectivity index (χ2v) is 4.24. The zero-order valence-electron chi connectivity index (χ0n) is 8.89. The van der Waals surface area contributed by atoms with Crippen LogP contribution in [0.1, 0.15) is 25.0 Å². The lowest BCUT2D eigenvalue weighted by Gasteiger charge is -2.18. The molecule has 1 aliphatic heterocycles. The maximum atomic E-state index is 10.1. The van der Waals surface area contributed by atoms with E-state index in [1.165, 1.54) is 0 Å². The predicted molar refractivity (Wildman–Crippen MR) is 59.5 cm³/mol. The van der Waals surface area contributed by atoms with Gasteiger partial charge in [-0.1, -0.05) is 36.4 Å². The summed E-state index contributed by atoms with van der Waals surface area (Å²) in [5.74, 6) is 0. The minimum absolute atomic E-state index is 0.0427. The van der Waals surface area contributed by atoms with E-state index in [1.54, 1.807) is 13.0 Å². The molecule has 1 aromatic carbocycles. The Hall–Kier alpha value is -1.12. The van der Waals surface area contributed by atoms with E-state index in [0.717, 1.165) is 5.56 Å². The van der Waals surface area contributed by atoms with Crippen LogP contribution in [0.4, 0.5) is 0 Å². The van der Waals surface area contributed by atoms with Crippen molar-refractivity contribution in [3.8, 4) is 0 Å². The first kappa shape index (κ1) is 10.4. The van der Waals surface area contributed by atoms with E-state index in [1.807, 2.05) is 30.3 Å². The van der Waals surface area contributed by atoms with Crippen LogP contribution >= 0.6 is 0 Å². The van der Waals surface area contributed by atoms with Crippen LogP contribution in [0.5, 0.6) is 0 Å². The molecule has 15 heavy (non-hydrogen) atoms. The topological polar surface area (TPSA) is 32.8 Å². The highest BCUT2D eigenvalue weighted by molar-refractivity contribution is 5.24. The van der Waals surface area contributed by atoms with Gasteiger partial charge in [-0.25, -0.2) is 0 Å². The first-order valence-electron chi connectivity index (χ1n) is 5.19. The van der Waals surface area contributed by atoms with E-state index >= 15 is 0 Å². The van der Waals surface area contributed by atoms with Gasteiger partial charge in [0.1, 0.15) is 12.2 Å². The molecule has 1 fully saturated rings. The van der Waals surface area contributed by atoms with Crippen molar-refractivity contribution in [3.63, 3.8) is 0 Å². The minimum atomic E-state index is -0.803. The highest BCUT2D eigenvalue weighted by Crippen LogP contribution is 2.45. The van der Waals surface area contributed by atoms with E-state index < -0.39 is 5.60 Å². The van der Waals surface area contributed by atoms with Gasteiger partial charge in [0.25, 0.3) is 0 Å². The number of aliphatic hydroxyl groups is 1. The monoisotopic (exact) mass is 204 g/mol. The Kier molecular flexibility index (Phi) is 2.63. The lowest BCUT2D eigenvalue weighted by molar-refractivity contribution is 0.0326. The third kappa shape index (κ3) is 2.11. The van der Waals surface area contributed by atoms with Gasteiger partial charge in [0.05, 0.1) is 5.60 Å². The molecule has 3 atom stereocenters. The number of ether oxygens (including phenoxy) is 1. The van der Waals surface area contributed by atoms with Gasteiger partial charge in [0, 0.05) is 0 Å². The molecule has 1 N–H and O–H groups in total. The van der Waals surface area contributed by atoms with E-state index in [-0.39, 0.29) is 12.2 Å². The van der Waals surface area contributed by atoms with Gasteiger partial charge in [-0.05, 0) is 18.9 Å². The summed E-state index contributed by atoms with van der Waals surface area (Å²) >= 11 is 0. The van der Waals surface area contributed by atoms with Gasteiger partial charge in [0.2, 0.25) is 0 Å². The summed E-state index contributed by atoms with van der Waals surface area (Å²) < 4.78 is 5.52. The summed E-state index contributed by atoms with van der Waals surface area (Å²) in [7, 11) is 0. The lowest BCUT2D eigenvalue weighted by atomic mass is 9.94. The van der Waals surface area contributed by atoms with Crippen LogP contribution in [0.25, 0.3) is 0 Å². The highest BCUT2D eigenvalue weighted by atomic mass is 16.6. The largest absolute Gasteiger partial charge is 0.387 e. The van der Waals surface area contributed by atoms with Gasteiger partial charge in [-0.15, -0.1) is 6.58 Å². The second kappa shape index (κ2) is 3.80. The zero-order valence-corrected chi connectivity index (χ0v) is 8.89. The van der Waals surface area contributed by atoms with Crippen LogP contribution in [0, 0.1) is 0 Å². The molecule has 0 aromatic heterocycles. The molecule has 0 bridgehead atoms. The Labute approximate surface area is 90.2 Å². The highest BCUT2D eigenvalue weighted by Gasteiger charge is 2.51. The number of benzene rings is 1. The van der Waals surface area contributed by atoms with Crippen molar-refractivity contribution in [3.05, 3.63) is 48.6 Å². The summed E-state index contributed by atoms with van der Waals surface area (Å²) in [4.78, 5) is 0. The molecule has 0 aliphatic carbocycles. The molecule has 0 unspecified atom stereocenters. The molecule has 1 saturated heterocycles. The van der Waals surface area contributed by atoms with Crippen LogP contribution in [-0.2, 0) is 4.74 Å². The summed E-state index contributed by atoms with van der Waals surface area (Å²) in [6.07, 6.45) is 2.23. The molecule has 1 aliphatic rings.